The molecule has 0 fully saturated rings. The molecule has 45 heavy (non-hydrogen) atoms. The minimum Gasteiger partial charge on any atom is -0.354 e. The van der Waals surface area contributed by atoms with Gasteiger partial charge in [-0.05, 0) is 79.8 Å². The summed E-state index contributed by atoms with van der Waals surface area (Å²) in [6, 6.07) is 26.0. The van der Waals surface area contributed by atoms with Gasteiger partial charge in [-0.3, -0.25) is 13.9 Å². The van der Waals surface area contributed by atoms with E-state index in [0.717, 1.165) is 21.0 Å². The Kier molecular flexibility index (Phi) is 11.1. The molecule has 4 aromatic carbocycles. The lowest BCUT2D eigenvalue weighted by Gasteiger charge is -2.34. The summed E-state index contributed by atoms with van der Waals surface area (Å²) < 4.78 is 43.4. The largest absolute Gasteiger partial charge is 0.354 e. The summed E-state index contributed by atoms with van der Waals surface area (Å²) in [5.41, 5.74) is 4.22. The highest BCUT2D eigenvalue weighted by atomic mass is 32.2. The first-order valence-electron chi connectivity index (χ1n) is 15.0. The van der Waals surface area contributed by atoms with Gasteiger partial charge in [0.25, 0.3) is 10.0 Å². The molecule has 0 bridgehead atoms. The molecule has 0 aliphatic carbocycles. The summed E-state index contributed by atoms with van der Waals surface area (Å²) in [5.74, 6) is -1.34. The van der Waals surface area contributed by atoms with Crippen LogP contribution in [0.1, 0.15) is 41.2 Å². The van der Waals surface area contributed by atoms with Crippen molar-refractivity contribution < 1.29 is 22.4 Å². The average Bonchev–Trinajstić information content (AvgIpc) is 3.03. The number of benzene rings is 4. The molecule has 0 radical (unpaired) electrons. The molecule has 0 saturated heterocycles. The molecule has 0 aliphatic rings. The van der Waals surface area contributed by atoms with Crippen LogP contribution in [-0.4, -0.2) is 44.3 Å². The molecule has 0 aromatic heterocycles. The van der Waals surface area contributed by atoms with Gasteiger partial charge in [0.15, 0.2) is 0 Å². The number of nitrogens with one attached hydrogen (secondary N) is 1. The number of aryl methyl sites for hydroxylation is 3. The zero-order chi connectivity index (χ0) is 32.6. The molecule has 9 heteroatoms. The van der Waals surface area contributed by atoms with Crippen LogP contribution in [-0.2, 0) is 32.6 Å². The van der Waals surface area contributed by atoms with E-state index in [9.17, 15) is 22.4 Å². The SMILES string of the molecule is CCCNC(=O)[C@@H](Cc1ccccc1)N(Cc1ccc(F)cc1)C(=O)CN(c1cc(C)ccc1C)S(=O)(=O)c1ccc(C)cc1. The molecule has 236 valence electrons. The van der Waals surface area contributed by atoms with Crippen molar-refractivity contribution in [1.29, 1.82) is 0 Å². The first kappa shape index (κ1) is 33.4. The van der Waals surface area contributed by atoms with Crippen LogP contribution in [0.4, 0.5) is 10.1 Å². The van der Waals surface area contributed by atoms with Gasteiger partial charge in [-0.2, -0.15) is 0 Å². The fraction of sp³-hybridized carbons (Fsp3) is 0.278. The second kappa shape index (κ2) is 15.0. The third-order valence-electron chi connectivity index (χ3n) is 7.61. The monoisotopic (exact) mass is 629 g/mol. The first-order valence-corrected chi connectivity index (χ1v) is 16.5. The molecule has 2 amide bonds. The molecule has 4 rings (SSSR count). The Bertz CT molecular complexity index is 1710. The number of sulfonamides is 1. The van der Waals surface area contributed by atoms with E-state index in [4.69, 9.17) is 0 Å². The Morgan fingerprint density at radius 3 is 2.11 bits per heavy atom. The van der Waals surface area contributed by atoms with Crippen LogP contribution in [0.5, 0.6) is 0 Å². The molecule has 1 N–H and O–H groups in total. The van der Waals surface area contributed by atoms with Crippen LogP contribution in [0.2, 0.25) is 0 Å². The van der Waals surface area contributed by atoms with Gasteiger partial charge in [0, 0.05) is 19.5 Å². The maximum atomic E-state index is 14.5. The lowest BCUT2D eigenvalue weighted by molar-refractivity contribution is -0.140. The van der Waals surface area contributed by atoms with Crippen LogP contribution >= 0.6 is 0 Å². The van der Waals surface area contributed by atoms with Crippen molar-refractivity contribution in [3.8, 4) is 0 Å². The van der Waals surface area contributed by atoms with Crippen LogP contribution in [0, 0.1) is 26.6 Å². The maximum absolute atomic E-state index is 14.5. The Hall–Kier alpha value is -4.50. The number of carbonyl (C=O) groups excluding carboxylic acids is 2. The number of halogens is 1. The molecule has 0 unspecified atom stereocenters. The smallest absolute Gasteiger partial charge is 0.264 e. The first-order chi connectivity index (χ1) is 21.5. The second-order valence-corrected chi connectivity index (χ2v) is 13.1. The molecule has 4 aromatic rings. The Morgan fingerprint density at radius 1 is 0.822 bits per heavy atom. The Balaban J connectivity index is 1.82. The molecule has 0 spiro atoms. The summed E-state index contributed by atoms with van der Waals surface area (Å²) in [6.07, 6.45) is 0.905. The van der Waals surface area contributed by atoms with Crippen LogP contribution in [0.3, 0.4) is 0 Å². The van der Waals surface area contributed by atoms with E-state index < -0.39 is 34.3 Å². The zero-order valence-electron chi connectivity index (χ0n) is 26.2. The lowest BCUT2D eigenvalue weighted by atomic mass is 10.0. The van der Waals surface area contributed by atoms with Crippen molar-refractivity contribution in [3.63, 3.8) is 0 Å². The Labute approximate surface area is 265 Å². The van der Waals surface area contributed by atoms with E-state index in [-0.39, 0.29) is 23.8 Å². The predicted molar refractivity (Wildman–Crippen MR) is 176 cm³/mol. The summed E-state index contributed by atoms with van der Waals surface area (Å²) >= 11 is 0. The van der Waals surface area contributed by atoms with Gasteiger partial charge in [-0.25, -0.2) is 12.8 Å². The summed E-state index contributed by atoms with van der Waals surface area (Å²) in [6.45, 7) is 7.30. The summed E-state index contributed by atoms with van der Waals surface area (Å²) in [4.78, 5) is 29.7. The van der Waals surface area contributed by atoms with Gasteiger partial charge >= 0.3 is 0 Å². The molecule has 1 atom stereocenters. The topological polar surface area (TPSA) is 86.8 Å². The van der Waals surface area contributed by atoms with E-state index in [1.54, 1.807) is 37.3 Å². The van der Waals surface area contributed by atoms with Crippen LogP contribution in [0.25, 0.3) is 0 Å². The molecule has 0 heterocycles. The van der Waals surface area contributed by atoms with Gasteiger partial charge in [0.1, 0.15) is 18.4 Å². The minimum absolute atomic E-state index is 0.0264. The van der Waals surface area contributed by atoms with Gasteiger partial charge in [-0.1, -0.05) is 79.2 Å². The number of anilines is 1. The number of hydrogen-bond acceptors (Lipinski definition) is 4. The van der Waals surface area contributed by atoms with E-state index >= 15 is 0 Å². The van der Waals surface area contributed by atoms with Crippen molar-refractivity contribution in [2.75, 3.05) is 17.4 Å². The maximum Gasteiger partial charge on any atom is 0.264 e. The molecule has 0 saturated carbocycles. The van der Waals surface area contributed by atoms with Gasteiger partial charge in [0.2, 0.25) is 11.8 Å². The molecular weight excluding hydrogens is 589 g/mol. The van der Waals surface area contributed by atoms with Crippen molar-refractivity contribution in [3.05, 3.63) is 131 Å². The standard InChI is InChI=1S/C36H40FN3O4S/c1-5-21-38-36(42)34(23-29-9-7-6-8-10-29)39(24-30-15-17-31(37)18-16-30)35(41)25-40(33-22-27(3)11-14-28(33)4)45(43,44)32-19-12-26(2)13-20-32/h6-20,22,34H,5,21,23-25H2,1-4H3,(H,38,42)/t34-/m1/s1. The van der Waals surface area contributed by atoms with E-state index in [1.807, 2.05) is 63.2 Å². The predicted octanol–water partition coefficient (Wildman–Crippen LogP) is 6.11. The highest BCUT2D eigenvalue weighted by Gasteiger charge is 2.35. The number of rotatable bonds is 13. The van der Waals surface area contributed by atoms with Crippen LogP contribution < -0.4 is 9.62 Å². The van der Waals surface area contributed by atoms with Gasteiger partial charge in [0.05, 0.1) is 10.6 Å². The van der Waals surface area contributed by atoms with E-state index in [1.165, 1.54) is 29.2 Å². The van der Waals surface area contributed by atoms with Gasteiger partial charge < -0.3 is 10.2 Å². The Morgan fingerprint density at radius 2 is 1.47 bits per heavy atom. The highest BCUT2D eigenvalue weighted by Crippen LogP contribution is 2.29. The summed E-state index contributed by atoms with van der Waals surface area (Å²) in [7, 11) is -4.20. The third kappa shape index (κ3) is 8.57. The fourth-order valence-corrected chi connectivity index (χ4v) is 6.52. The van der Waals surface area contributed by atoms with Crippen molar-refractivity contribution in [2.24, 2.45) is 0 Å². The molecule has 0 aliphatic heterocycles. The number of carbonyl (C=O) groups is 2. The third-order valence-corrected chi connectivity index (χ3v) is 9.38. The van der Waals surface area contributed by atoms with Crippen molar-refractivity contribution >= 4 is 27.5 Å². The second-order valence-electron chi connectivity index (χ2n) is 11.3. The van der Waals surface area contributed by atoms with E-state index in [0.29, 0.717) is 29.8 Å². The zero-order valence-corrected chi connectivity index (χ0v) is 27.0. The van der Waals surface area contributed by atoms with Crippen molar-refractivity contribution in [2.45, 2.75) is 58.0 Å². The van der Waals surface area contributed by atoms with E-state index in [2.05, 4.69) is 5.32 Å². The fourth-order valence-electron chi connectivity index (χ4n) is 5.05. The average molecular weight is 630 g/mol. The summed E-state index contributed by atoms with van der Waals surface area (Å²) in [5, 5.41) is 2.92. The van der Waals surface area contributed by atoms with Crippen LogP contribution in [0.15, 0.2) is 102 Å². The van der Waals surface area contributed by atoms with Gasteiger partial charge in [-0.15, -0.1) is 0 Å². The highest BCUT2D eigenvalue weighted by molar-refractivity contribution is 7.92. The number of nitrogens with zero attached hydrogens (tertiary/aromatic N) is 2. The molecule has 7 nitrogen and oxygen atoms in total. The normalized spacial score (nSPS) is 11.9. The quantitative estimate of drug-likeness (QED) is 0.193. The number of hydrogen-bond donors (Lipinski definition) is 1. The lowest BCUT2D eigenvalue weighted by Crippen LogP contribution is -2.53. The van der Waals surface area contributed by atoms with Crippen molar-refractivity contribution in [1.82, 2.24) is 10.2 Å². The minimum atomic E-state index is -4.20. The molecular formula is C36H40FN3O4S. The number of amides is 2.